The van der Waals surface area contributed by atoms with Gasteiger partial charge in [0.05, 0.1) is 6.26 Å². The van der Waals surface area contributed by atoms with E-state index >= 15 is 0 Å². The van der Waals surface area contributed by atoms with Crippen LogP contribution in [0.1, 0.15) is 6.42 Å². The molecule has 86 valence electrons. The van der Waals surface area contributed by atoms with Crippen molar-refractivity contribution in [3.05, 3.63) is 0 Å². The van der Waals surface area contributed by atoms with Gasteiger partial charge >= 0.3 is 6.18 Å². The van der Waals surface area contributed by atoms with Gasteiger partial charge in [0.2, 0.25) is 10.0 Å². The number of alkyl halides is 3. The summed E-state index contributed by atoms with van der Waals surface area (Å²) in [6, 6.07) is -1.68. The molecule has 0 heterocycles. The quantitative estimate of drug-likeness (QED) is 0.708. The van der Waals surface area contributed by atoms with Gasteiger partial charge in [-0.2, -0.15) is 13.2 Å². The largest absolute Gasteiger partial charge is 0.403 e. The second-order valence-electron chi connectivity index (χ2n) is 2.84. The molecule has 14 heavy (non-hydrogen) atoms. The first-order valence-electron chi connectivity index (χ1n) is 3.85. The Kier molecular flexibility index (Phi) is 4.82. The molecule has 0 saturated heterocycles. The number of hydrogen-bond acceptors (Lipinski definition) is 3. The van der Waals surface area contributed by atoms with Crippen LogP contribution in [-0.2, 0) is 10.0 Å². The van der Waals surface area contributed by atoms with Crippen molar-refractivity contribution in [1.29, 1.82) is 0 Å². The van der Waals surface area contributed by atoms with Crippen molar-refractivity contribution in [2.45, 2.75) is 18.6 Å². The zero-order valence-corrected chi connectivity index (χ0v) is 8.67. The summed E-state index contributed by atoms with van der Waals surface area (Å²) in [7, 11) is -2.24. The number of halogens is 3. The van der Waals surface area contributed by atoms with E-state index in [-0.39, 0.29) is 13.0 Å². The molecule has 4 nitrogen and oxygen atoms in total. The Bertz CT molecular complexity index is 263. The van der Waals surface area contributed by atoms with Crippen LogP contribution in [0, 0.1) is 0 Å². The van der Waals surface area contributed by atoms with Crippen molar-refractivity contribution in [2.75, 3.05) is 19.8 Å². The van der Waals surface area contributed by atoms with Crippen molar-refractivity contribution in [1.82, 2.24) is 10.0 Å². The Morgan fingerprint density at radius 3 is 2.14 bits per heavy atom. The smallest absolute Gasteiger partial charge is 0.309 e. The summed E-state index contributed by atoms with van der Waals surface area (Å²) >= 11 is 0. The van der Waals surface area contributed by atoms with Crippen molar-refractivity contribution in [2.24, 2.45) is 0 Å². The molecule has 2 N–H and O–H groups in total. The maximum atomic E-state index is 12.1. The van der Waals surface area contributed by atoms with Gasteiger partial charge in [-0.3, -0.25) is 0 Å². The summed E-state index contributed by atoms with van der Waals surface area (Å²) in [4.78, 5) is 0. The molecule has 0 radical (unpaired) electrons. The highest BCUT2D eigenvalue weighted by Crippen LogP contribution is 2.21. The predicted octanol–water partition coefficient (Wildman–Crippen LogP) is 0.0760. The zero-order valence-electron chi connectivity index (χ0n) is 7.85. The Labute approximate surface area is 80.9 Å². The Morgan fingerprint density at radius 1 is 1.36 bits per heavy atom. The van der Waals surface area contributed by atoms with Crippen LogP contribution in [0.4, 0.5) is 13.2 Å². The normalized spacial score (nSPS) is 15.5. The first-order chi connectivity index (χ1) is 6.17. The number of rotatable bonds is 5. The average molecular weight is 234 g/mol. The summed E-state index contributed by atoms with van der Waals surface area (Å²) in [6.45, 7) is -0.232. The molecule has 0 bridgehead atoms. The summed E-state index contributed by atoms with van der Waals surface area (Å²) in [6.07, 6.45) is -3.78. The van der Waals surface area contributed by atoms with Gasteiger partial charge in [0.15, 0.2) is 0 Å². The topological polar surface area (TPSA) is 58.2 Å². The van der Waals surface area contributed by atoms with Crippen LogP contribution in [0.5, 0.6) is 0 Å². The van der Waals surface area contributed by atoms with Crippen LogP contribution in [0.25, 0.3) is 0 Å². The minimum Gasteiger partial charge on any atom is -0.309 e. The molecule has 0 saturated carbocycles. The van der Waals surface area contributed by atoms with Crippen molar-refractivity contribution >= 4 is 10.0 Å². The molecule has 0 aliphatic carbocycles. The van der Waals surface area contributed by atoms with Crippen LogP contribution < -0.4 is 10.0 Å². The molecule has 1 unspecified atom stereocenters. The van der Waals surface area contributed by atoms with E-state index in [9.17, 15) is 21.6 Å². The molecule has 0 spiro atoms. The fourth-order valence-electron chi connectivity index (χ4n) is 0.860. The summed E-state index contributed by atoms with van der Waals surface area (Å²) in [5, 5.41) is 2.07. The number of hydrogen-bond donors (Lipinski definition) is 2. The number of sulfonamides is 1. The standard InChI is InChI=1S/C6H13F3N2O2S/c1-10-5(6(7,8)9)3-4-11-14(2,12)13/h5,10-11H,3-4H2,1-2H3. The minimum atomic E-state index is -4.35. The molecule has 0 aromatic carbocycles. The van der Waals surface area contributed by atoms with E-state index in [2.05, 4.69) is 5.32 Å². The van der Waals surface area contributed by atoms with Crippen LogP contribution in [0.15, 0.2) is 0 Å². The van der Waals surface area contributed by atoms with Gasteiger partial charge in [-0.15, -0.1) is 0 Å². The Balaban J connectivity index is 3.99. The van der Waals surface area contributed by atoms with Gasteiger partial charge in [0.1, 0.15) is 6.04 Å². The SMILES string of the molecule is CNC(CCNS(C)(=O)=O)C(F)(F)F. The van der Waals surface area contributed by atoms with Crippen LogP contribution in [-0.4, -0.2) is 40.5 Å². The third-order valence-electron chi connectivity index (χ3n) is 1.54. The van der Waals surface area contributed by atoms with Gasteiger partial charge in [-0.25, -0.2) is 13.1 Å². The van der Waals surface area contributed by atoms with E-state index in [1.807, 2.05) is 4.72 Å². The fourth-order valence-corrected chi connectivity index (χ4v) is 1.35. The lowest BCUT2D eigenvalue weighted by Crippen LogP contribution is -2.42. The lowest BCUT2D eigenvalue weighted by Gasteiger charge is -2.19. The monoisotopic (exact) mass is 234 g/mol. The summed E-state index contributed by atoms with van der Waals surface area (Å²) < 4.78 is 59.4. The third kappa shape index (κ3) is 6.17. The lowest BCUT2D eigenvalue weighted by molar-refractivity contribution is -0.155. The maximum Gasteiger partial charge on any atom is 0.403 e. The number of nitrogens with one attached hydrogen (secondary N) is 2. The molecule has 0 aliphatic heterocycles. The molecule has 0 amide bonds. The van der Waals surface area contributed by atoms with Gasteiger partial charge in [0, 0.05) is 6.54 Å². The highest BCUT2D eigenvalue weighted by atomic mass is 32.2. The summed E-state index contributed by atoms with van der Waals surface area (Å²) in [5.41, 5.74) is 0. The molecular formula is C6H13F3N2O2S. The molecule has 0 aliphatic rings. The third-order valence-corrected chi connectivity index (χ3v) is 2.27. The molecule has 0 aromatic heterocycles. The highest BCUT2D eigenvalue weighted by molar-refractivity contribution is 7.88. The van der Waals surface area contributed by atoms with E-state index in [1.54, 1.807) is 0 Å². The van der Waals surface area contributed by atoms with E-state index in [4.69, 9.17) is 0 Å². The average Bonchev–Trinajstić information content (AvgIpc) is 1.93. The van der Waals surface area contributed by atoms with E-state index in [1.165, 1.54) is 7.05 Å². The Morgan fingerprint density at radius 2 is 1.86 bits per heavy atom. The first kappa shape index (κ1) is 13.7. The van der Waals surface area contributed by atoms with Crippen molar-refractivity contribution in [3.63, 3.8) is 0 Å². The van der Waals surface area contributed by atoms with Gasteiger partial charge < -0.3 is 5.32 Å². The van der Waals surface area contributed by atoms with Crippen LogP contribution >= 0.6 is 0 Å². The second kappa shape index (κ2) is 4.94. The lowest BCUT2D eigenvalue weighted by atomic mass is 10.2. The summed E-state index contributed by atoms with van der Waals surface area (Å²) in [5.74, 6) is 0. The molecular weight excluding hydrogens is 221 g/mol. The maximum absolute atomic E-state index is 12.1. The van der Waals surface area contributed by atoms with Crippen molar-refractivity contribution < 1.29 is 21.6 Å². The van der Waals surface area contributed by atoms with Gasteiger partial charge in [-0.05, 0) is 13.5 Å². The van der Waals surface area contributed by atoms with E-state index in [0.717, 1.165) is 6.26 Å². The second-order valence-corrected chi connectivity index (χ2v) is 4.67. The van der Waals surface area contributed by atoms with Crippen LogP contribution in [0.2, 0.25) is 0 Å². The minimum absolute atomic E-state index is 0.232. The molecule has 0 rings (SSSR count). The van der Waals surface area contributed by atoms with Crippen molar-refractivity contribution in [3.8, 4) is 0 Å². The van der Waals surface area contributed by atoms with Gasteiger partial charge in [0.25, 0.3) is 0 Å². The molecule has 1 atom stereocenters. The fraction of sp³-hybridized carbons (Fsp3) is 1.00. The molecule has 8 heteroatoms. The zero-order chi connectivity index (χ0) is 11.4. The van der Waals surface area contributed by atoms with Gasteiger partial charge in [-0.1, -0.05) is 0 Å². The predicted molar refractivity (Wildman–Crippen MR) is 46.4 cm³/mol. The van der Waals surface area contributed by atoms with Crippen LogP contribution in [0.3, 0.4) is 0 Å². The molecule has 0 fully saturated rings. The highest BCUT2D eigenvalue weighted by Gasteiger charge is 2.37. The first-order valence-corrected chi connectivity index (χ1v) is 5.74. The van der Waals surface area contributed by atoms with E-state index < -0.39 is 22.2 Å². The Hall–Kier alpha value is -0.340. The van der Waals surface area contributed by atoms with E-state index in [0.29, 0.717) is 0 Å². The molecule has 0 aromatic rings.